The first-order valence-electron chi connectivity index (χ1n) is 29.7. The molecule has 84 heavy (non-hydrogen) atoms. The summed E-state index contributed by atoms with van der Waals surface area (Å²) in [4.78, 5) is 25.8. The number of carbonyl (C=O) groups excluding carboxylic acids is 2. The Morgan fingerprint density at radius 3 is 1.23 bits per heavy atom. The zero-order valence-electron chi connectivity index (χ0n) is 51.6. The van der Waals surface area contributed by atoms with Gasteiger partial charge < -0.3 is 37.9 Å². The molecule has 0 spiro atoms. The Bertz CT molecular complexity index is 2380. The summed E-state index contributed by atoms with van der Waals surface area (Å²) >= 11 is 0. The molecule has 6 aliphatic rings. The maximum atomic E-state index is 9.91. The molecular formula is C64H92N10O10. The normalized spacial score (nSPS) is 23.9. The van der Waals surface area contributed by atoms with Crippen molar-refractivity contribution >= 4 is 12.2 Å². The van der Waals surface area contributed by atoms with Gasteiger partial charge in [0.25, 0.3) is 50.0 Å². The molecule has 20 nitrogen and oxygen atoms in total. The van der Waals surface area contributed by atoms with Gasteiger partial charge in [-0.1, -0.05) is 37.5 Å². The third-order valence-corrected chi connectivity index (χ3v) is 17.3. The molecule has 0 aliphatic heterocycles. The number of rotatable bonds is 18. The molecule has 8 atom stereocenters. The molecule has 7 rings (SSSR count). The average molecular weight is 1160 g/mol. The highest BCUT2D eigenvalue weighted by Crippen LogP contribution is 2.58. The van der Waals surface area contributed by atoms with Crippen LogP contribution in [0.2, 0.25) is 0 Å². The van der Waals surface area contributed by atoms with Gasteiger partial charge in [-0.3, -0.25) is 0 Å². The van der Waals surface area contributed by atoms with Crippen LogP contribution in [-0.2, 0) is 58.7 Å². The van der Waals surface area contributed by atoms with E-state index in [2.05, 4.69) is 14.7 Å². The van der Waals surface area contributed by atoms with E-state index >= 15 is 0 Å². The van der Waals surface area contributed by atoms with Crippen LogP contribution in [-0.4, -0.2) is 62.9 Å². The lowest BCUT2D eigenvalue weighted by Crippen LogP contribution is -2.42. The number of hydrogen-bond acceptors (Lipinski definition) is 20. The molecule has 0 radical (unpaired) electrons. The van der Waals surface area contributed by atoms with Crippen LogP contribution in [0.1, 0.15) is 196 Å². The van der Waals surface area contributed by atoms with Crippen molar-refractivity contribution in [3.63, 3.8) is 0 Å². The number of aliphatic imine (C=N–C) groups is 2. The molecule has 6 aliphatic carbocycles. The van der Waals surface area contributed by atoms with Crippen LogP contribution in [0.3, 0.4) is 0 Å². The van der Waals surface area contributed by atoms with Gasteiger partial charge >= 0.3 is 0 Å². The predicted octanol–water partition coefficient (Wildman–Crippen LogP) is 13.6. The predicted molar refractivity (Wildman–Crippen MR) is 309 cm³/mol. The molecule has 0 saturated heterocycles. The van der Waals surface area contributed by atoms with Crippen molar-refractivity contribution in [2.24, 2.45) is 69.2 Å². The fraction of sp³-hybridized carbons (Fsp3) is 0.750. The summed E-state index contributed by atoms with van der Waals surface area (Å²) < 4.78 is 38.8. The average Bonchev–Trinajstić information content (AvgIpc) is 4.41. The Labute approximate surface area is 501 Å². The quantitative estimate of drug-likeness (QED) is 0.0748. The molecule has 20 heteroatoms. The van der Waals surface area contributed by atoms with Crippen LogP contribution in [0.5, 0.6) is 0 Å². The number of isocyanates is 2. The van der Waals surface area contributed by atoms with E-state index in [1.54, 1.807) is 102 Å². The van der Waals surface area contributed by atoms with Crippen molar-refractivity contribution in [1.82, 2.24) is 0 Å². The summed E-state index contributed by atoms with van der Waals surface area (Å²) in [6.07, 6.45) is 38.9. The van der Waals surface area contributed by atoms with Gasteiger partial charge in [0.15, 0.2) is 0 Å². The smallest absolute Gasteiger partial charge is 0.287 e. The lowest BCUT2D eigenvalue weighted by molar-refractivity contribution is -0.0572. The van der Waals surface area contributed by atoms with Crippen molar-refractivity contribution in [3.05, 3.63) is 35.4 Å². The van der Waals surface area contributed by atoms with Gasteiger partial charge in [-0.25, -0.2) is 19.6 Å². The van der Waals surface area contributed by atoms with E-state index in [9.17, 15) is 4.79 Å². The second-order valence-corrected chi connectivity index (χ2v) is 24.2. The highest BCUT2D eigenvalue weighted by Gasteiger charge is 2.49. The molecule has 2 bridgehead atoms. The van der Waals surface area contributed by atoms with Crippen molar-refractivity contribution in [2.75, 3.05) is 39.5 Å². The molecule has 0 N–H and O–H groups in total. The van der Waals surface area contributed by atoms with Gasteiger partial charge in [-0.15, -0.1) is 0 Å². The summed E-state index contributed by atoms with van der Waals surface area (Å²) in [5.74, 6) is 7.40. The molecule has 0 heterocycles. The largest absolute Gasteiger partial charge is 0.428 e. The van der Waals surface area contributed by atoms with Gasteiger partial charge in [-0.05, 0) is 242 Å². The zero-order chi connectivity index (χ0) is 62.9. The molecule has 8 unspecified atom stereocenters. The Morgan fingerprint density at radius 2 is 0.857 bits per heavy atom. The van der Waals surface area contributed by atoms with Crippen LogP contribution >= 0.6 is 0 Å². The molecule has 6 fully saturated rings. The van der Waals surface area contributed by atoms with Crippen molar-refractivity contribution < 1.29 is 47.5 Å². The summed E-state index contributed by atoms with van der Waals surface area (Å²) in [5.41, 5.74) is -0.555. The van der Waals surface area contributed by atoms with Crippen LogP contribution in [0.25, 0.3) is 0 Å². The van der Waals surface area contributed by atoms with Gasteiger partial charge in [0, 0.05) is 6.54 Å². The minimum atomic E-state index is -0.701. The fourth-order valence-corrected chi connectivity index (χ4v) is 12.5. The van der Waals surface area contributed by atoms with E-state index in [-0.39, 0.29) is 0 Å². The van der Waals surface area contributed by atoms with Gasteiger partial charge in [0.1, 0.15) is 42.2 Å². The number of ether oxygens (including phenoxy) is 8. The highest BCUT2D eigenvalue weighted by atomic mass is 16.5. The van der Waals surface area contributed by atoms with E-state index < -0.39 is 22.4 Å². The monoisotopic (exact) mass is 1160 g/mol. The first-order valence-corrected chi connectivity index (χ1v) is 29.7. The molecule has 6 saturated carbocycles. The standard InChI is InChI=1S/C14H22N2O2.C14H16N2O2.2C10H14N2O2.C10H16.2C3H5NO/c2*1-13(2,17-9-15)11-6-5-7-12(8-11)14(3,4)18-10-16;11-7-14-6-10-3-1-9(2-4-10)5-12-8-13;11-7-13-5-9-2-1-3-10(4-9)6-14-8-12;1-2-9-7-4-5-8(6-7)10(9)3-1;1-2-5-3-4;1-2-4-3-5/h11-12H,5-8H2,1-4H3;5-8H,1-4H3;2*9-10H,1-6H2;7-10H,1-6H2;2*2H2,1H3. The second-order valence-electron chi connectivity index (χ2n) is 24.2. The fourth-order valence-electron chi connectivity index (χ4n) is 12.5. The van der Waals surface area contributed by atoms with E-state index in [4.69, 9.17) is 80.0 Å². The topological polar surface area (TPSA) is 323 Å². The van der Waals surface area contributed by atoms with E-state index in [0.717, 1.165) is 88.2 Å². The molecule has 0 aromatic heterocycles. The SMILES string of the molecule is C1CC2C3CCC(C3)C2C1.CC(C)(OC#N)C1CCCC(C(C)(C)OC#N)C1.CC(C)(OC#N)c1cccc(C(C)(C)OC#N)c1.CCN=C=O.CCOC#N.N#COCC1CCC(CN=C=O)CC1.N#COCC1CCCC(COC#N)C1. The van der Waals surface area contributed by atoms with Crippen LogP contribution in [0, 0.1) is 151 Å². The van der Waals surface area contributed by atoms with Crippen LogP contribution < -0.4 is 0 Å². The van der Waals surface area contributed by atoms with Gasteiger partial charge in [0.2, 0.25) is 12.2 Å². The molecule has 0 amide bonds. The van der Waals surface area contributed by atoms with Crippen molar-refractivity contribution in [3.8, 4) is 50.0 Å². The summed E-state index contributed by atoms with van der Waals surface area (Å²) in [5, 5.41) is 67.0. The van der Waals surface area contributed by atoms with Gasteiger partial charge in [0.05, 0.1) is 13.2 Å². The second kappa shape index (κ2) is 41.3. The number of benzene rings is 1. The Kier molecular flexibility index (Phi) is 36.6. The minimum absolute atomic E-state index is 0.331. The summed E-state index contributed by atoms with van der Waals surface area (Å²) in [7, 11) is 0. The van der Waals surface area contributed by atoms with Gasteiger partial charge in [-0.2, -0.15) is 42.1 Å². The maximum Gasteiger partial charge on any atom is 0.287 e. The number of nitriles is 8. The lowest BCUT2D eigenvalue weighted by Gasteiger charge is -2.42. The maximum absolute atomic E-state index is 9.91. The summed E-state index contributed by atoms with van der Waals surface area (Å²) in [6, 6.07) is 7.50. The lowest BCUT2D eigenvalue weighted by atomic mass is 9.69. The van der Waals surface area contributed by atoms with E-state index in [0.29, 0.717) is 75.0 Å². The Balaban J connectivity index is 0.000000508. The summed E-state index contributed by atoms with van der Waals surface area (Å²) in [6.45, 7) is 21.8. The number of nitrogens with zero attached hydrogens (tertiary/aromatic N) is 10. The Hall–Kier alpha value is -7.70. The number of fused-ring (bicyclic) bond motifs is 5. The third kappa shape index (κ3) is 28.0. The molecule has 458 valence electrons. The minimum Gasteiger partial charge on any atom is -0.428 e. The van der Waals surface area contributed by atoms with Crippen LogP contribution in [0.15, 0.2) is 34.3 Å². The van der Waals surface area contributed by atoms with E-state index in [1.165, 1.54) is 36.0 Å². The zero-order valence-corrected chi connectivity index (χ0v) is 51.6. The Morgan fingerprint density at radius 1 is 0.452 bits per heavy atom. The van der Waals surface area contributed by atoms with E-state index in [1.807, 2.05) is 79.7 Å². The third-order valence-electron chi connectivity index (χ3n) is 17.3. The van der Waals surface area contributed by atoms with Crippen molar-refractivity contribution in [2.45, 2.75) is 207 Å². The first kappa shape index (κ1) is 74.3. The van der Waals surface area contributed by atoms with Crippen molar-refractivity contribution in [1.29, 1.82) is 42.1 Å². The first-order chi connectivity index (χ1) is 40.2. The molecule has 1 aromatic rings. The van der Waals surface area contributed by atoms with Crippen LogP contribution in [0.4, 0.5) is 0 Å². The highest BCUT2D eigenvalue weighted by molar-refractivity contribution is 5.33. The molecular weight excluding hydrogens is 1070 g/mol. The number of hydrogen-bond donors (Lipinski definition) is 0. The molecule has 1 aromatic carbocycles.